The van der Waals surface area contributed by atoms with Crippen molar-refractivity contribution < 1.29 is 34.4 Å². The van der Waals surface area contributed by atoms with Crippen molar-refractivity contribution in [2.75, 3.05) is 12.9 Å². The second-order valence-corrected chi connectivity index (χ2v) is 7.55. The number of hydrogen-bond acceptors (Lipinski definition) is 7. The molecule has 3 rings (SSSR count). The fraction of sp³-hybridized carbons (Fsp3) is 0.300. The molecule has 0 unspecified atom stereocenters. The Kier molecular flexibility index (Phi) is 5.16. The Balaban J connectivity index is 2.23. The van der Waals surface area contributed by atoms with Crippen LogP contribution in [-0.4, -0.2) is 40.1 Å². The molecule has 0 saturated carbocycles. The Morgan fingerprint density at radius 3 is 2.43 bits per heavy atom. The van der Waals surface area contributed by atoms with Crippen LogP contribution in [0, 0.1) is 20.8 Å². The molecule has 0 aliphatic carbocycles. The molecular weight excluding hydrogens is 384 g/mol. The van der Waals surface area contributed by atoms with Crippen molar-refractivity contribution in [3.63, 3.8) is 0 Å². The molecule has 0 radical (unpaired) electrons. The first-order valence-electron chi connectivity index (χ1n) is 8.48. The fourth-order valence-corrected chi connectivity index (χ4v) is 4.13. The smallest absolute Gasteiger partial charge is 0.339 e. The van der Waals surface area contributed by atoms with Crippen LogP contribution in [0.1, 0.15) is 38.2 Å². The number of aliphatic carboxylic acids is 1. The van der Waals surface area contributed by atoms with E-state index in [4.69, 9.17) is 14.6 Å². The van der Waals surface area contributed by atoms with Crippen molar-refractivity contribution in [3.8, 4) is 23.0 Å². The van der Waals surface area contributed by atoms with Gasteiger partial charge >= 0.3 is 11.9 Å². The number of carbonyl (C=O) groups is 2. The van der Waals surface area contributed by atoms with Crippen molar-refractivity contribution in [1.29, 1.82) is 0 Å². The minimum atomic E-state index is -1.08. The van der Waals surface area contributed by atoms with Gasteiger partial charge in [-0.1, -0.05) is 0 Å². The Labute approximate surface area is 165 Å². The van der Waals surface area contributed by atoms with Crippen LogP contribution in [-0.2, 0) is 16.0 Å². The summed E-state index contributed by atoms with van der Waals surface area (Å²) in [6.45, 7) is 5.57. The predicted octanol–water partition coefficient (Wildman–Crippen LogP) is 3.68. The Hall–Kier alpha value is -2.87. The number of phenols is 2. The molecule has 0 fully saturated rings. The highest BCUT2D eigenvalue weighted by molar-refractivity contribution is 8.00. The summed E-state index contributed by atoms with van der Waals surface area (Å²) < 4.78 is 10.8. The monoisotopic (exact) mass is 404 g/mol. The number of carboxylic acid groups (broad SMARTS) is 1. The summed E-state index contributed by atoms with van der Waals surface area (Å²) in [5.74, 6) is -1.54. The van der Waals surface area contributed by atoms with E-state index in [1.807, 2.05) is 13.8 Å². The molecule has 148 valence electrons. The van der Waals surface area contributed by atoms with Gasteiger partial charge in [-0.3, -0.25) is 4.79 Å². The van der Waals surface area contributed by atoms with Crippen molar-refractivity contribution >= 4 is 23.7 Å². The molecule has 3 N–H and O–H groups in total. The van der Waals surface area contributed by atoms with Gasteiger partial charge in [-0.15, -0.1) is 11.8 Å². The van der Waals surface area contributed by atoms with Gasteiger partial charge in [-0.25, -0.2) is 4.79 Å². The van der Waals surface area contributed by atoms with Crippen molar-refractivity contribution in [1.82, 2.24) is 0 Å². The van der Waals surface area contributed by atoms with Crippen LogP contribution in [0.2, 0.25) is 0 Å². The van der Waals surface area contributed by atoms with E-state index in [0.717, 1.165) is 28.5 Å². The number of thioether (sulfide) groups is 1. The van der Waals surface area contributed by atoms with Crippen LogP contribution in [0.25, 0.3) is 0 Å². The lowest BCUT2D eigenvalue weighted by Crippen LogP contribution is -2.15. The zero-order valence-corrected chi connectivity index (χ0v) is 16.7. The van der Waals surface area contributed by atoms with E-state index in [-0.39, 0.29) is 39.9 Å². The molecule has 28 heavy (non-hydrogen) atoms. The summed E-state index contributed by atoms with van der Waals surface area (Å²) in [6, 6.07) is 1.36. The standard InChI is InChI=1S/C20H20O7S/c1-8-9(2)17(24)12-5-11-14(27-18(12)10(8)3)6-13(21)19(28-7-15(22)23)16(11)20(25)26-4/h6,21,24H,5,7H2,1-4H3,(H,22,23). The van der Waals surface area contributed by atoms with Gasteiger partial charge in [0.15, 0.2) is 0 Å². The van der Waals surface area contributed by atoms with Crippen molar-refractivity contribution in [2.24, 2.45) is 0 Å². The van der Waals surface area contributed by atoms with Gasteiger partial charge in [0.1, 0.15) is 23.0 Å². The molecule has 0 amide bonds. The summed E-state index contributed by atoms with van der Waals surface area (Å²) >= 11 is 0.824. The van der Waals surface area contributed by atoms with Crippen LogP contribution >= 0.6 is 11.8 Å². The molecular formula is C20H20O7S. The molecule has 8 heteroatoms. The Morgan fingerprint density at radius 1 is 1.14 bits per heavy atom. The van der Waals surface area contributed by atoms with Crippen LogP contribution in [0.5, 0.6) is 23.0 Å². The highest BCUT2D eigenvalue weighted by atomic mass is 32.2. The number of esters is 1. The van der Waals surface area contributed by atoms with E-state index in [1.54, 1.807) is 6.92 Å². The molecule has 0 spiro atoms. The summed E-state index contributed by atoms with van der Waals surface area (Å²) in [6.07, 6.45) is 0.184. The van der Waals surface area contributed by atoms with Gasteiger partial charge in [0.25, 0.3) is 0 Å². The Bertz CT molecular complexity index is 1010. The maximum Gasteiger partial charge on any atom is 0.339 e. The molecule has 2 aromatic carbocycles. The third kappa shape index (κ3) is 3.13. The molecule has 0 saturated heterocycles. The normalized spacial score (nSPS) is 12.0. The fourth-order valence-electron chi connectivity index (χ4n) is 3.31. The maximum absolute atomic E-state index is 12.5. The first-order valence-corrected chi connectivity index (χ1v) is 9.47. The summed E-state index contributed by atoms with van der Waals surface area (Å²) in [7, 11) is 1.21. The average molecular weight is 404 g/mol. The lowest BCUT2D eigenvalue weighted by molar-refractivity contribution is -0.133. The molecule has 1 aliphatic heterocycles. The van der Waals surface area contributed by atoms with Gasteiger partial charge in [0.2, 0.25) is 0 Å². The molecule has 0 aromatic heterocycles. The van der Waals surface area contributed by atoms with Crippen molar-refractivity contribution in [3.05, 3.63) is 39.4 Å². The van der Waals surface area contributed by atoms with E-state index >= 15 is 0 Å². The largest absolute Gasteiger partial charge is 0.507 e. The third-order valence-electron chi connectivity index (χ3n) is 5.00. The lowest BCUT2D eigenvalue weighted by atomic mass is 9.89. The highest BCUT2D eigenvalue weighted by Crippen LogP contribution is 2.50. The van der Waals surface area contributed by atoms with Gasteiger partial charge in [-0.05, 0) is 37.5 Å². The molecule has 2 aromatic rings. The second kappa shape index (κ2) is 7.27. The Morgan fingerprint density at radius 2 is 1.82 bits per heavy atom. The number of aromatic hydroxyl groups is 2. The van der Waals surface area contributed by atoms with E-state index in [0.29, 0.717) is 16.9 Å². The minimum absolute atomic E-state index is 0.0460. The topological polar surface area (TPSA) is 113 Å². The number of methoxy groups -OCH3 is 1. The van der Waals surface area contributed by atoms with Crippen LogP contribution in [0.4, 0.5) is 0 Å². The van der Waals surface area contributed by atoms with Gasteiger partial charge in [0, 0.05) is 23.6 Å². The predicted molar refractivity (Wildman–Crippen MR) is 103 cm³/mol. The van der Waals surface area contributed by atoms with Crippen LogP contribution in [0.3, 0.4) is 0 Å². The summed E-state index contributed by atoms with van der Waals surface area (Å²) in [5.41, 5.74) is 3.50. The van der Waals surface area contributed by atoms with Crippen LogP contribution in [0.15, 0.2) is 11.0 Å². The molecule has 0 atom stereocenters. The zero-order chi connectivity index (χ0) is 20.7. The van der Waals surface area contributed by atoms with E-state index in [1.165, 1.54) is 13.2 Å². The number of carbonyl (C=O) groups excluding carboxylic acids is 1. The molecule has 0 bridgehead atoms. The van der Waals surface area contributed by atoms with Gasteiger partial charge in [0.05, 0.1) is 23.3 Å². The highest BCUT2D eigenvalue weighted by Gasteiger charge is 2.32. The number of rotatable bonds is 4. The maximum atomic E-state index is 12.5. The number of fused-ring (bicyclic) bond motifs is 2. The minimum Gasteiger partial charge on any atom is -0.507 e. The number of ether oxygens (including phenoxy) is 2. The third-order valence-corrected chi connectivity index (χ3v) is 6.10. The van der Waals surface area contributed by atoms with E-state index < -0.39 is 11.9 Å². The second-order valence-electron chi connectivity index (χ2n) is 6.56. The molecule has 1 heterocycles. The van der Waals surface area contributed by atoms with Gasteiger partial charge < -0.3 is 24.8 Å². The SMILES string of the molecule is COC(=O)c1c2c(cc(O)c1SCC(=O)O)Oc1c(C)c(C)c(C)c(O)c1C2. The summed E-state index contributed by atoms with van der Waals surface area (Å²) in [4.78, 5) is 23.5. The summed E-state index contributed by atoms with van der Waals surface area (Å²) in [5, 5.41) is 30.0. The average Bonchev–Trinajstić information content (AvgIpc) is 2.66. The lowest BCUT2D eigenvalue weighted by Gasteiger charge is -2.27. The zero-order valence-electron chi connectivity index (χ0n) is 15.9. The first-order chi connectivity index (χ1) is 13.2. The van der Waals surface area contributed by atoms with E-state index in [9.17, 15) is 19.8 Å². The number of hydrogen-bond donors (Lipinski definition) is 3. The molecule has 7 nitrogen and oxygen atoms in total. The van der Waals surface area contributed by atoms with Gasteiger partial charge in [-0.2, -0.15) is 0 Å². The number of benzene rings is 2. The number of phenolic OH excluding ortho intramolecular Hbond substituents is 2. The van der Waals surface area contributed by atoms with Crippen LogP contribution < -0.4 is 4.74 Å². The van der Waals surface area contributed by atoms with E-state index in [2.05, 4.69) is 0 Å². The van der Waals surface area contributed by atoms with Crippen molar-refractivity contribution in [2.45, 2.75) is 32.1 Å². The number of carboxylic acids is 1. The first kappa shape index (κ1) is 19.9. The molecule has 1 aliphatic rings. The quantitative estimate of drug-likeness (QED) is 0.446.